The molecule has 5 heteroatoms. The van der Waals surface area contributed by atoms with Crippen molar-refractivity contribution in [3.8, 4) is 0 Å². The number of fused-ring (bicyclic) bond motifs is 1. The molecule has 3 aromatic rings. The van der Waals surface area contributed by atoms with E-state index in [1.165, 1.54) is 10.1 Å². The topological polar surface area (TPSA) is 46.9 Å². The van der Waals surface area contributed by atoms with Crippen LogP contribution >= 0.6 is 11.3 Å². The maximum atomic E-state index is 12.0. The van der Waals surface area contributed by atoms with Gasteiger partial charge in [0.2, 0.25) is 5.91 Å². The second-order valence-corrected chi connectivity index (χ2v) is 5.84. The van der Waals surface area contributed by atoms with Crippen LogP contribution in [0.3, 0.4) is 0 Å². The number of imidazole rings is 1. The molecule has 21 heavy (non-hydrogen) atoms. The van der Waals surface area contributed by atoms with Crippen LogP contribution in [-0.2, 0) is 24.3 Å². The molecular weight excluding hydrogens is 282 g/mol. The van der Waals surface area contributed by atoms with Gasteiger partial charge in [0, 0.05) is 30.1 Å². The Morgan fingerprint density at radius 3 is 3.14 bits per heavy atom. The first kappa shape index (κ1) is 13.8. The van der Waals surface area contributed by atoms with Crippen molar-refractivity contribution in [1.82, 2.24) is 14.9 Å². The van der Waals surface area contributed by atoms with Crippen LogP contribution in [0, 0.1) is 0 Å². The third kappa shape index (κ3) is 3.13. The zero-order chi connectivity index (χ0) is 14.7. The summed E-state index contributed by atoms with van der Waals surface area (Å²) in [5.74, 6) is 0.943. The summed E-state index contributed by atoms with van der Waals surface area (Å²) in [6.07, 6.45) is 4.40. The molecule has 0 spiro atoms. The van der Waals surface area contributed by atoms with E-state index in [1.807, 2.05) is 17.7 Å². The molecule has 1 amide bonds. The minimum atomic E-state index is 0.00751. The Labute approximate surface area is 127 Å². The van der Waals surface area contributed by atoms with Crippen molar-refractivity contribution in [2.75, 3.05) is 0 Å². The first-order valence-corrected chi connectivity index (χ1v) is 7.87. The molecule has 108 valence electrons. The van der Waals surface area contributed by atoms with Gasteiger partial charge in [-0.3, -0.25) is 4.79 Å². The fourth-order valence-electron chi connectivity index (χ4n) is 2.34. The maximum absolute atomic E-state index is 12.0. The third-order valence-electron chi connectivity index (χ3n) is 3.44. The van der Waals surface area contributed by atoms with E-state index in [1.54, 1.807) is 17.5 Å². The lowest BCUT2D eigenvalue weighted by molar-refractivity contribution is -0.121. The van der Waals surface area contributed by atoms with Gasteiger partial charge in [-0.25, -0.2) is 4.98 Å². The largest absolute Gasteiger partial charge is 0.350 e. The van der Waals surface area contributed by atoms with Gasteiger partial charge < -0.3 is 9.88 Å². The van der Waals surface area contributed by atoms with Gasteiger partial charge in [0.15, 0.2) is 0 Å². The van der Waals surface area contributed by atoms with Crippen molar-refractivity contribution in [1.29, 1.82) is 0 Å². The number of aromatic nitrogens is 2. The summed E-state index contributed by atoms with van der Waals surface area (Å²) in [6, 6.07) is 8.39. The molecule has 0 fully saturated rings. The van der Waals surface area contributed by atoms with Gasteiger partial charge in [0.1, 0.15) is 12.4 Å². The van der Waals surface area contributed by atoms with E-state index >= 15 is 0 Å². The second kappa shape index (κ2) is 6.10. The van der Waals surface area contributed by atoms with Crippen LogP contribution in [0.4, 0.5) is 0 Å². The predicted octanol–water partition coefficient (Wildman–Crippen LogP) is 2.98. The normalized spacial score (nSPS) is 10.9. The average molecular weight is 299 g/mol. The number of aryl methyl sites for hydroxylation is 1. The highest BCUT2D eigenvalue weighted by atomic mass is 32.1. The molecule has 0 radical (unpaired) electrons. The highest BCUT2D eigenvalue weighted by Crippen LogP contribution is 2.21. The summed E-state index contributed by atoms with van der Waals surface area (Å²) in [6.45, 7) is 2.91. The summed E-state index contributed by atoms with van der Waals surface area (Å²) in [5.41, 5.74) is 1.12. The molecule has 4 nitrogen and oxygen atoms in total. The highest BCUT2D eigenvalue weighted by Gasteiger charge is 2.06. The van der Waals surface area contributed by atoms with Gasteiger partial charge in [0.05, 0.1) is 0 Å². The van der Waals surface area contributed by atoms with Crippen molar-refractivity contribution in [2.45, 2.75) is 26.4 Å². The van der Waals surface area contributed by atoms with E-state index in [4.69, 9.17) is 0 Å². The molecule has 0 unspecified atom stereocenters. The Kier molecular flexibility index (Phi) is 4.01. The van der Waals surface area contributed by atoms with E-state index in [0.29, 0.717) is 13.1 Å². The van der Waals surface area contributed by atoms with E-state index < -0.39 is 0 Å². The number of hydrogen-bond donors (Lipinski definition) is 1. The van der Waals surface area contributed by atoms with Gasteiger partial charge in [-0.2, -0.15) is 0 Å². The van der Waals surface area contributed by atoms with Gasteiger partial charge in [-0.15, -0.1) is 11.3 Å². The van der Waals surface area contributed by atoms with Crippen molar-refractivity contribution in [3.63, 3.8) is 0 Å². The zero-order valence-electron chi connectivity index (χ0n) is 11.9. The lowest BCUT2D eigenvalue weighted by Crippen LogP contribution is -2.27. The number of nitrogens with zero attached hydrogens (tertiary/aromatic N) is 2. The summed E-state index contributed by atoms with van der Waals surface area (Å²) in [7, 11) is 0. The number of thiophene rings is 1. The zero-order valence-corrected chi connectivity index (χ0v) is 12.7. The van der Waals surface area contributed by atoms with E-state index in [2.05, 4.69) is 39.9 Å². The number of amides is 1. The Balaban J connectivity index is 1.60. The number of nitrogens with one attached hydrogen (secondary N) is 1. The standard InChI is InChI=1S/C16H17N3OS/c1-2-15-17-6-7-19(15)11-16(20)18-10-12-3-4-14-13(9-12)5-8-21-14/h3-9H,2,10-11H2,1H3,(H,18,20). The molecule has 1 aromatic carbocycles. The van der Waals surface area contributed by atoms with Gasteiger partial charge >= 0.3 is 0 Å². The quantitative estimate of drug-likeness (QED) is 0.787. The summed E-state index contributed by atoms with van der Waals surface area (Å²) < 4.78 is 3.16. The smallest absolute Gasteiger partial charge is 0.240 e. The molecule has 3 rings (SSSR count). The maximum Gasteiger partial charge on any atom is 0.240 e. The van der Waals surface area contributed by atoms with E-state index in [-0.39, 0.29) is 5.91 Å². The molecule has 0 aliphatic heterocycles. The fourth-order valence-corrected chi connectivity index (χ4v) is 3.11. The summed E-state index contributed by atoms with van der Waals surface area (Å²) in [5, 5.41) is 6.27. The van der Waals surface area contributed by atoms with Crippen LogP contribution in [0.25, 0.3) is 10.1 Å². The average Bonchev–Trinajstić information content (AvgIpc) is 3.12. The van der Waals surface area contributed by atoms with Crippen LogP contribution in [0.1, 0.15) is 18.3 Å². The van der Waals surface area contributed by atoms with E-state index in [0.717, 1.165) is 17.8 Å². The molecule has 0 aliphatic rings. The van der Waals surface area contributed by atoms with Crippen LogP contribution in [0.2, 0.25) is 0 Å². The van der Waals surface area contributed by atoms with Gasteiger partial charge in [-0.05, 0) is 34.5 Å². The van der Waals surface area contributed by atoms with Gasteiger partial charge in [-0.1, -0.05) is 13.0 Å². The first-order valence-electron chi connectivity index (χ1n) is 6.99. The predicted molar refractivity (Wildman–Crippen MR) is 85.3 cm³/mol. The van der Waals surface area contributed by atoms with Crippen molar-refractivity contribution < 1.29 is 4.79 Å². The molecular formula is C16H17N3OS. The molecule has 0 bridgehead atoms. The number of benzene rings is 1. The number of carbonyl (C=O) groups excluding carboxylic acids is 1. The van der Waals surface area contributed by atoms with Crippen LogP contribution < -0.4 is 5.32 Å². The lowest BCUT2D eigenvalue weighted by Gasteiger charge is -2.08. The molecule has 2 heterocycles. The molecule has 2 aromatic heterocycles. The Morgan fingerprint density at radius 1 is 1.38 bits per heavy atom. The summed E-state index contributed by atoms with van der Waals surface area (Å²) in [4.78, 5) is 16.2. The molecule has 0 saturated carbocycles. The summed E-state index contributed by atoms with van der Waals surface area (Å²) >= 11 is 1.73. The molecule has 0 saturated heterocycles. The Hall–Kier alpha value is -2.14. The molecule has 0 aliphatic carbocycles. The Bertz CT molecular complexity index is 760. The number of hydrogen-bond acceptors (Lipinski definition) is 3. The number of rotatable bonds is 5. The SMILES string of the molecule is CCc1nccn1CC(=O)NCc1ccc2sccc2c1. The first-order chi connectivity index (χ1) is 10.3. The minimum Gasteiger partial charge on any atom is -0.350 e. The third-order valence-corrected chi connectivity index (χ3v) is 4.34. The number of carbonyl (C=O) groups is 1. The highest BCUT2D eigenvalue weighted by molar-refractivity contribution is 7.17. The molecule has 0 atom stereocenters. The van der Waals surface area contributed by atoms with Crippen LogP contribution in [0.5, 0.6) is 0 Å². The van der Waals surface area contributed by atoms with Crippen LogP contribution in [-0.4, -0.2) is 15.5 Å². The van der Waals surface area contributed by atoms with Crippen molar-refractivity contribution in [2.24, 2.45) is 0 Å². The van der Waals surface area contributed by atoms with E-state index in [9.17, 15) is 4.79 Å². The van der Waals surface area contributed by atoms with Crippen molar-refractivity contribution in [3.05, 3.63) is 53.4 Å². The lowest BCUT2D eigenvalue weighted by atomic mass is 10.1. The monoisotopic (exact) mass is 299 g/mol. The fraction of sp³-hybridized carbons (Fsp3) is 0.250. The molecule has 1 N–H and O–H groups in total. The van der Waals surface area contributed by atoms with Crippen LogP contribution in [0.15, 0.2) is 42.0 Å². The second-order valence-electron chi connectivity index (χ2n) is 4.89. The van der Waals surface area contributed by atoms with Gasteiger partial charge in [0.25, 0.3) is 0 Å². The Morgan fingerprint density at radius 2 is 2.29 bits per heavy atom. The minimum absolute atomic E-state index is 0.00751. The van der Waals surface area contributed by atoms with Crippen molar-refractivity contribution >= 4 is 27.3 Å².